The smallest absolute Gasteiger partial charge is 0.322 e. The molecule has 0 saturated heterocycles. The number of anilines is 2. The molecule has 0 aliphatic rings. The van der Waals surface area contributed by atoms with E-state index in [0.717, 1.165) is 40.3 Å². The molecule has 0 unspecified atom stereocenters. The van der Waals surface area contributed by atoms with Crippen LogP contribution in [0.3, 0.4) is 0 Å². The van der Waals surface area contributed by atoms with Gasteiger partial charge in [0.05, 0.1) is 10.6 Å². The van der Waals surface area contributed by atoms with Gasteiger partial charge in [-0.1, -0.05) is 37.1 Å². The largest absolute Gasteiger partial charge is 0.329 e. The van der Waals surface area contributed by atoms with Gasteiger partial charge in [-0.3, -0.25) is 9.52 Å². The number of nitrogens with one attached hydrogen (secondary N) is 3. The number of benzene rings is 3. The molecule has 0 aromatic heterocycles. The van der Waals surface area contributed by atoms with E-state index < -0.39 is 17.8 Å². The highest BCUT2D eigenvalue weighted by atomic mass is 35.5. The monoisotopic (exact) mass is 503 g/mol. The quantitative estimate of drug-likeness (QED) is 0.161. The fraction of sp³-hybridized carbons (Fsp3) is 0.167. The summed E-state index contributed by atoms with van der Waals surface area (Å²) in [5.74, 6) is -0.111. The zero-order chi connectivity index (χ0) is 23.6. The van der Waals surface area contributed by atoms with Crippen LogP contribution in [0.25, 0.3) is 0 Å². The van der Waals surface area contributed by atoms with Crippen molar-refractivity contribution >= 4 is 58.6 Å². The van der Waals surface area contributed by atoms with E-state index in [1.807, 2.05) is 18.2 Å². The fourth-order valence-electron chi connectivity index (χ4n) is 2.73. The topological polar surface area (TPSA) is 70.2 Å². The standard InChI is InChI=1S/C24H23ClFN3O2S2/c1-2-3-14-32-22-13-12-18(15-20(22)25)33-29-24(31)28-17-10-8-16(9-11-17)27-23(30)19-6-4-5-7-21(19)26/h4-13,15H,2-3,14H2,1H3,(H,27,30)(H2,28,29,31). The maximum atomic E-state index is 13.7. The van der Waals surface area contributed by atoms with Crippen molar-refractivity contribution in [1.29, 1.82) is 0 Å². The van der Waals surface area contributed by atoms with Gasteiger partial charge in [-0.15, -0.1) is 11.8 Å². The summed E-state index contributed by atoms with van der Waals surface area (Å²) in [5, 5.41) is 6.00. The van der Waals surface area contributed by atoms with Crippen LogP contribution in [0.2, 0.25) is 5.02 Å². The second kappa shape index (κ2) is 12.5. The van der Waals surface area contributed by atoms with Crippen molar-refractivity contribution < 1.29 is 14.0 Å². The molecule has 0 fully saturated rings. The number of rotatable bonds is 9. The molecule has 3 N–H and O–H groups in total. The Hall–Kier alpha value is -2.68. The van der Waals surface area contributed by atoms with E-state index in [-0.39, 0.29) is 5.56 Å². The van der Waals surface area contributed by atoms with Crippen molar-refractivity contribution in [2.75, 3.05) is 16.4 Å². The fourth-order valence-corrected chi connectivity index (χ4v) is 4.73. The molecule has 9 heteroatoms. The van der Waals surface area contributed by atoms with Crippen LogP contribution in [0.1, 0.15) is 30.1 Å². The molecule has 5 nitrogen and oxygen atoms in total. The SMILES string of the molecule is CCCCSc1ccc(SNC(=O)Nc2ccc(NC(=O)c3ccccc3F)cc2)cc1Cl. The molecule has 0 radical (unpaired) electrons. The lowest BCUT2D eigenvalue weighted by atomic mass is 10.2. The van der Waals surface area contributed by atoms with Gasteiger partial charge in [-0.25, -0.2) is 9.18 Å². The molecule has 3 rings (SSSR count). The first-order valence-corrected chi connectivity index (χ1v) is 12.5. The first-order chi connectivity index (χ1) is 16.0. The van der Waals surface area contributed by atoms with E-state index in [0.29, 0.717) is 16.4 Å². The van der Waals surface area contributed by atoms with E-state index in [1.165, 1.54) is 18.2 Å². The van der Waals surface area contributed by atoms with E-state index in [9.17, 15) is 14.0 Å². The van der Waals surface area contributed by atoms with Crippen LogP contribution >= 0.6 is 35.3 Å². The first-order valence-electron chi connectivity index (χ1n) is 10.3. The molecule has 172 valence electrons. The van der Waals surface area contributed by atoms with Crippen LogP contribution in [0.5, 0.6) is 0 Å². The lowest BCUT2D eigenvalue weighted by Crippen LogP contribution is -2.22. The summed E-state index contributed by atoms with van der Waals surface area (Å²) < 4.78 is 16.4. The van der Waals surface area contributed by atoms with Gasteiger partial charge < -0.3 is 10.6 Å². The molecule has 0 bridgehead atoms. The average Bonchev–Trinajstić information content (AvgIpc) is 2.80. The number of carbonyl (C=O) groups is 2. The van der Waals surface area contributed by atoms with Crippen LogP contribution in [0, 0.1) is 5.82 Å². The predicted molar refractivity (Wildman–Crippen MR) is 136 cm³/mol. The number of carbonyl (C=O) groups excluding carboxylic acids is 2. The Morgan fingerprint density at radius 2 is 1.67 bits per heavy atom. The third-order valence-corrected chi connectivity index (χ3v) is 6.80. The molecule has 0 atom stereocenters. The Kier molecular flexibility index (Phi) is 9.47. The lowest BCUT2D eigenvalue weighted by molar-refractivity contribution is 0.102. The Labute approximate surface area is 206 Å². The molecule has 0 saturated carbocycles. The summed E-state index contributed by atoms with van der Waals surface area (Å²) in [6.07, 6.45) is 2.28. The maximum Gasteiger partial charge on any atom is 0.329 e. The highest BCUT2D eigenvalue weighted by Gasteiger charge is 2.11. The third-order valence-electron chi connectivity index (χ3n) is 4.44. The summed E-state index contributed by atoms with van der Waals surface area (Å²) in [5.41, 5.74) is 0.983. The molecule has 0 aliphatic carbocycles. The van der Waals surface area contributed by atoms with E-state index in [1.54, 1.807) is 42.1 Å². The van der Waals surface area contributed by atoms with Gasteiger partial charge in [0.2, 0.25) is 0 Å². The van der Waals surface area contributed by atoms with E-state index in [4.69, 9.17) is 11.6 Å². The van der Waals surface area contributed by atoms with Gasteiger partial charge in [0.25, 0.3) is 5.91 Å². The summed E-state index contributed by atoms with van der Waals surface area (Å²) in [7, 11) is 0. The van der Waals surface area contributed by atoms with Gasteiger partial charge in [-0.2, -0.15) is 0 Å². The second-order valence-electron chi connectivity index (χ2n) is 6.96. The molecule has 0 aliphatic heterocycles. The highest BCUT2D eigenvalue weighted by molar-refractivity contribution is 7.99. The molecule has 33 heavy (non-hydrogen) atoms. The van der Waals surface area contributed by atoms with Crippen molar-refractivity contribution in [2.45, 2.75) is 29.6 Å². The zero-order valence-corrected chi connectivity index (χ0v) is 20.3. The molecule has 0 spiro atoms. The minimum atomic E-state index is -0.589. The summed E-state index contributed by atoms with van der Waals surface area (Å²) in [6.45, 7) is 2.15. The van der Waals surface area contributed by atoms with E-state index in [2.05, 4.69) is 22.3 Å². The van der Waals surface area contributed by atoms with Gasteiger partial charge in [0.15, 0.2) is 0 Å². The van der Waals surface area contributed by atoms with Crippen LogP contribution in [-0.2, 0) is 0 Å². The van der Waals surface area contributed by atoms with E-state index >= 15 is 0 Å². The minimum absolute atomic E-state index is 0.0382. The molecule has 3 aromatic carbocycles. The van der Waals surface area contributed by atoms with Crippen LogP contribution < -0.4 is 15.4 Å². The third kappa shape index (κ3) is 7.70. The van der Waals surface area contributed by atoms with Crippen molar-refractivity contribution in [3.8, 4) is 0 Å². The van der Waals surface area contributed by atoms with Gasteiger partial charge >= 0.3 is 6.03 Å². The molecule has 0 heterocycles. The number of unbranched alkanes of at least 4 members (excludes halogenated alkanes) is 1. The number of urea groups is 1. The number of hydrogen-bond acceptors (Lipinski definition) is 4. The summed E-state index contributed by atoms with van der Waals surface area (Å²) in [6, 6.07) is 17.6. The molecule has 3 aromatic rings. The van der Waals surface area contributed by atoms with Gasteiger partial charge in [0, 0.05) is 21.2 Å². The second-order valence-corrected chi connectivity index (χ2v) is 9.39. The van der Waals surface area contributed by atoms with Crippen molar-refractivity contribution in [2.24, 2.45) is 0 Å². The van der Waals surface area contributed by atoms with Crippen LogP contribution in [0.15, 0.2) is 76.5 Å². The average molecular weight is 504 g/mol. The Bertz CT molecular complexity index is 1110. The minimum Gasteiger partial charge on any atom is -0.322 e. The van der Waals surface area contributed by atoms with Gasteiger partial charge in [-0.05, 0) is 78.7 Å². The maximum absolute atomic E-state index is 13.7. The number of thioether (sulfide) groups is 1. The van der Waals surface area contributed by atoms with Crippen LogP contribution in [0.4, 0.5) is 20.6 Å². The Morgan fingerprint density at radius 3 is 2.33 bits per heavy atom. The van der Waals surface area contributed by atoms with Crippen molar-refractivity contribution in [3.05, 3.63) is 83.1 Å². The van der Waals surface area contributed by atoms with Crippen molar-refractivity contribution in [1.82, 2.24) is 4.72 Å². The molecular weight excluding hydrogens is 481 g/mol. The number of halogens is 2. The summed E-state index contributed by atoms with van der Waals surface area (Å²) in [4.78, 5) is 26.2. The first kappa shape index (κ1) is 25.0. The summed E-state index contributed by atoms with van der Waals surface area (Å²) >= 11 is 9.22. The van der Waals surface area contributed by atoms with Crippen LogP contribution in [-0.4, -0.2) is 17.7 Å². The normalized spacial score (nSPS) is 10.5. The predicted octanol–water partition coefficient (Wildman–Crippen LogP) is 7.45. The molecule has 3 amide bonds. The van der Waals surface area contributed by atoms with Crippen molar-refractivity contribution in [3.63, 3.8) is 0 Å². The van der Waals surface area contributed by atoms with Gasteiger partial charge in [0.1, 0.15) is 5.82 Å². The highest BCUT2D eigenvalue weighted by Crippen LogP contribution is 2.31. The number of hydrogen-bond donors (Lipinski definition) is 3. The Balaban J connectivity index is 1.48. The number of amides is 3. The molecular formula is C24H23ClFN3O2S2. The lowest BCUT2D eigenvalue weighted by Gasteiger charge is -2.10. The zero-order valence-electron chi connectivity index (χ0n) is 17.9. The Morgan fingerprint density at radius 1 is 0.970 bits per heavy atom.